The van der Waals surface area contributed by atoms with Crippen LogP contribution in [0.3, 0.4) is 0 Å². The molecule has 0 radical (unpaired) electrons. The van der Waals surface area contributed by atoms with Crippen LogP contribution < -0.4 is 15.6 Å². The normalized spacial score (nSPS) is 14.9. The van der Waals surface area contributed by atoms with Crippen LogP contribution in [-0.2, 0) is 11.2 Å². The molecule has 0 saturated heterocycles. The minimum Gasteiger partial charge on any atom is -0.506 e. The first-order valence-corrected chi connectivity index (χ1v) is 9.86. The minimum absolute atomic E-state index is 0.0883. The molecule has 1 atom stereocenters. The smallest absolute Gasteiger partial charge is 0.345 e. The predicted molar refractivity (Wildman–Crippen MR) is 112 cm³/mol. The Bertz CT molecular complexity index is 1010. The summed E-state index contributed by atoms with van der Waals surface area (Å²) in [5.41, 5.74) is 0.624. The van der Waals surface area contributed by atoms with Gasteiger partial charge in [0.25, 0.3) is 5.56 Å². The van der Waals surface area contributed by atoms with Gasteiger partial charge in [-0.1, -0.05) is 13.8 Å². The lowest BCUT2D eigenvalue weighted by atomic mass is 9.76. The van der Waals surface area contributed by atoms with Crippen LogP contribution in [0.4, 0.5) is 5.82 Å². The number of hydrogen-bond donors (Lipinski definition) is 4. The van der Waals surface area contributed by atoms with Crippen LogP contribution in [0.1, 0.15) is 47.7 Å². The molecular formula is C21H27N3O6. The fourth-order valence-electron chi connectivity index (χ4n) is 3.84. The van der Waals surface area contributed by atoms with Gasteiger partial charge in [0.1, 0.15) is 5.75 Å². The van der Waals surface area contributed by atoms with E-state index >= 15 is 0 Å². The van der Waals surface area contributed by atoms with Crippen LogP contribution in [0.2, 0.25) is 0 Å². The lowest BCUT2D eigenvalue weighted by Gasteiger charge is -2.31. The predicted octanol–water partition coefficient (Wildman–Crippen LogP) is 2.59. The summed E-state index contributed by atoms with van der Waals surface area (Å²) in [6.45, 7) is 5.03. The Labute approximate surface area is 174 Å². The zero-order valence-electron chi connectivity index (χ0n) is 17.5. The molecule has 0 amide bonds. The Balaban J connectivity index is 2.17. The maximum Gasteiger partial charge on any atom is 0.345 e. The van der Waals surface area contributed by atoms with Gasteiger partial charge in [-0.2, -0.15) is 0 Å². The molecule has 2 aromatic heterocycles. The van der Waals surface area contributed by atoms with E-state index in [0.717, 1.165) is 12.0 Å². The number of carbonyl (C=O) groups is 1. The molecule has 0 spiro atoms. The average molecular weight is 417 g/mol. The third-order valence-electron chi connectivity index (χ3n) is 5.35. The quantitative estimate of drug-likeness (QED) is 0.482. The van der Waals surface area contributed by atoms with E-state index in [2.05, 4.69) is 15.3 Å². The van der Waals surface area contributed by atoms with E-state index in [1.54, 1.807) is 14.2 Å². The van der Waals surface area contributed by atoms with Crippen molar-refractivity contribution in [3.63, 3.8) is 0 Å². The number of carboxylic acid groups (broad SMARTS) is 1. The number of aromatic hydroxyl groups is 1. The summed E-state index contributed by atoms with van der Waals surface area (Å²) in [4.78, 5) is 31.2. The van der Waals surface area contributed by atoms with Gasteiger partial charge < -0.3 is 30.0 Å². The Morgan fingerprint density at radius 1 is 1.40 bits per heavy atom. The first-order chi connectivity index (χ1) is 14.3. The Morgan fingerprint density at radius 2 is 2.13 bits per heavy atom. The molecule has 0 fully saturated rings. The number of nitrogens with one attached hydrogen (secondary N) is 2. The van der Waals surface area contributed by atoms with E-state index < -0.39 is 22.8 Å². The number of ether oxygens (including phenoxy) is 2. The number of hydrogen-bond acceptors (Lipinski definition) is 7. The number of nitrogens with zero attached hydrogens (tertiary/aromatic N) is 1. The van der Waals surface area contributed by atoms with Gasteiger partial charge in [0.2, 0.25) is 0 Å². The van der Waals surface area contributed by atoms with Crippen molar-refractivity contribution in [1.29, 1.82) is 0 Å². The number of H-pyrrole nitrogens is 1. The molecule has 9 nitrogen and oxygen atoms in total. The summed E-state index contributed by atoms with van der Waals surface area (Å²) in [6, 6.07) is 1.89. The molecule has 2 aromatic rings. The number of aromatic nitrogens is 2. The van der Waals surface area contributed by atoms with Crippen LogP contribution in [0.25, 0.3) is 11.4 Å². The van der Waals surface area contributed by atoms with Crippen molar-refractivity contribution in [2.24, 2.45) is 5.92 Å². The van der Waals surface area contributed by atoms with Gasteiger partial charge in [-0.15, -0.1) is 0 Å². The Morgan fingerprint density at radius 3 is 2.73 bits per heavy atom. The molecule has 0 saturated carbocycles. The van der Waals surface area contributed by atoms with E-state index in [4.69, 9.17) is 9.47 Å². The number of anilines is 1. The van der Waals surface area contributed by atoms with Crippen LogP contribution in [-0.4, -0.2) is 53.5 Å². The van der Waals surface area contributed by atoms with Gasteiger partial charge in [-0.25, -0.2) is 9.78 Å². The van der Waals surface area contributed by atoms with Crippen LogP contribution in [0, 0.1) is 5.92 Å². The average Bonchev–Trinajstić information content (AvgIpc) is 2.69. The molecule has 4 N–H and O–H groups in total. The highest BCUT2D eigenvalue weighted by Gasteiger charge is 2.35. The molecule has 2 heterocycles. The van der Waals surface area contributed by atoms with Gasteiger partial charge in [0.05, 0.1) is 18.0 Å². The number of pyridine rings is 2. The summed E-state index contributed by atoms with van der Waals surface area (Å²) in [5.74, 6) is -0.974. The summed E-state index contributed by atoms with van der Waals surface area (Å²) < 4.78 is 10.9. The molecule has 0 aliphatic heterocycles. The van der Waals surface area contributed by atoms with Crippen molar-refractivity contribution in [3.8, 4) is 22.9 Å². The van der Waals surface area contributed by atoms with Crippen molar-refractivity contribution in [3.05, 3.63) is 33.1 Å². The lowest BCUT2D eigenvalue weighted by Crippen LogP contribution is -2.26. The van der Waals surface area contributed by atoms with E-state index in [1.807, 2.05) is 19.9 Å². The molecule has 1 unspecified atom stereocenters. The maximum absolute atomic E-state index is 12.4. The number of methoxy groups -OCH3 is 1. The first-order valence-electron chi connectivity index (χ1n) is 9.86. The third kappa shape index (κ3) is 3.85. The number of aromatic amines is 1. The summed E-state index contributed by atoms with van der Waals surface area (Å²) in [6.07, 6.45) is 1.26. The number of carboxylic acids is 1. The van der Waals surface area contributed by atoms with Gasteiger partial charge in [-0.05, 0) is 29.9 Å². The molecule has 3 rings (SSSR count). The number of fused-ring (bicyclic) bond motifs is 3. The molecule has 1 aliphatic carbocycles. The second-order valence-electron chi connectivity index (χ2n) is 7.61. The summed E-state index contributed by atoms with van der Waals surface area (Å²) in [7, 11) is 3.35. The van der Waals surface area contributed by atoms with Crippen LogP contribution in [0.15, 0.2) is 10.9 Å². The fourth-order valence-corrected chi connectivity index (χ4v) is 3.84. The molecule has 0 aromatic carbocycles. The second-order valence-corrected chi connectivity index (χ2v) is 7.61. The minimum atomic E-state index is -1.46. The molecule has 162 valence electrons. The molecule has 30 heavy (non-hydrogen) atoms. The van der Waals surface area contributed by atoms with Crippen LogP contribution >= 0.6 is 0 Å². The van der Waals surface area contributed by atoms with Crippen molar-refractivity contribution < 1.29 is 24.5 Å². The van der Waals surface area contributed by atoms with Crippen molar-refractivity contribution >= 4 is 11.8 Å². The van der Waals surface area contributed by atoms with E-state index in [0.29, 0.717) is 48.2 Å². The summed E-state index contributed by atoms with van der Waals surface area (Å²) in [5, 5.41) is 23.1. The van der Waals surface area contributed by atoms with Gasteiger partial charge in [-0.3, -0.25) is 4.79 Å². The number of rotatable bonds is 8. The van der Waals surface area contributed by atoms with E-state index in [-0.39, 0.29) is 11.8 Å². The SMILES string of the molecule is CNc1nc2c(cc1OCCCOC)CC(C(C)C)c1c-2[nH]c(=O)c(C(=O)O)c1O. The standard InChI is InChI=1S/C21H27N3O6/c1-10(2)12-8-11-9-13(30-7-5-6-29-4)19(22-3)23-16(11)17-14(12)18(25)15(21(27)28)20(26)24-17/h9-10,12H,5-8H2,1-4H3,(H,22,23)(H,27,28)(H2,24,25,26). The highest BCUT2D eigenvalue weighted by molar-refractivity contribution is 5.92. The summed E-state index contributed by atoms with van der Waals surface area (Å²) >= 11 is 0. The molecule has 1 aliphatic rings. The highest BCUT2D eigenvalue weighted by atomic mass is 16.5. The topological polar surface area (TPSA) is 134 Å². The largest absolute Gasteiger partial charge is 0.506 e. The molecule has 0 bridgehead atoms. The van der Waals surface area contributed by atoms with E-state index in [1.165, 1.54) is 0 Å². The zero-order valence-corrected chi connectivity index (χ0v) is 17.5. The first kappa shape index (κ1) is 21.6. The maximum atomic E-state index is 12.4. The zero-order chi connectivity index (χ0) is 22.0. The van der Waals surface area contributed by atoms with Crippen molar-refractivity contribution in [2.45, 2.75) is 32.6 Å². The van der Waals surface area contributed by atoms with E-state index in [9.17, 15) is 19.8 Å². The van der Waals surface area contributed by atoms with Crippen molar-refractivity contribution in [2.75, 3.05) is 32.7 Å². The monoisotopic (exact) mass is 417 g/mol. The molecule has 9 heteroatoms. The highest BCUT2D eigenvalue weighted by Crippen LogP contribution is 2.46. The fraction of sp³-hybridized carbons (Fsp3) is 0.476. The molecular weight excluding hydrogens is 390 g/mol. The number of aromatic carboxylic acids is 1. The van der Waals surface area contributed by atoms with Gasteiger partial charge in [0.15, 0.2) is 17.1 Å². The van der Waals surface area contributed by atoms with Crippen molar-refractivity contribution in [1.82, 2.24) is 9.97 Å². The Hall–Kier alpha value is -3.07. The second kappa shape index (κ2) is 8.74. The lowest BCUT2D eigenvalue weighted by molar-refractivity contribution is 0.0691. The Kier molecular flexibility index (Phi) is 6.31. The van der Waals surface area contributed by atoms with Gasteiger partial charge >= 0.3 is 5.97 Å². The third-order valence-corrected chi connectivity index (χ3v) is 5.35. The van der Waals surface area contributed by atoms with Crippen LogP contribution in [0.5, 0.6) is 11.5 Å². The van der Waals surface area contributed by atoms with Gasteiger partial charge in [0, 0.05) is 32.7 Å².